The highest BCUT2D eigenvalue weighted by atomic mass is 19.1. The fourth-order valence-electron chi connectivity index (χ4n) is 2.69. The Morgan fingerprint density at radius 1 is 1.21 bits per heavy atom. The Kier molecular flexibility index (Phi) is 5.69. The third-order valence-corrected chi connectivity index (χ3v) is 3.91. The molecule has 0 radical (unpaired) electrons. The van der Waals surface area contributed by atoms with E-state index in [0.717, 1.165) is 6.07 Å². The molecule has 28 heavy (non-hydrogen) atoms. The van der Waals surface area contributed by atoms with Gasteiger partial charge < -0.3 is 15.2 Å². The monoisotopic (exact) mass is 384 g/mol. The molecule has 1 aromatic heterocycles. The molecule has 0 unspecified atom stereocenters. The number of rotatable bonds is 4. The maximum Gasteiger partial charge on any atom is 0.294 e. The molecule has 2 rings (SSSR count). The maximum atomic E-state index is 13.4. The Labute approximate surface area is 162 Å². The van der Waals surface area contributed by atoms with E-state index < -0.39 is 29.0 Å². The molecule has 7 nitrogen and oxygen atoms in total. The van der Waals surface area contributed by atoms with Crippen LogP contribution in [-0.2, 0) is 11.8 Å². The number of carbonyl (C=O) groups is 3. The van der Waals surface area contributed by atoms with E-state index in [-0.39, 0.29) is 22.6 Å². The number of benzene rings is 1. The summed E-state index contributed by atoms with van der Waals surface area (Å²) in [4.78, 5) is 40.4. The van der Waals surface area contributed by atoms with Crippen molar-refractivity contribution in [3.05, 3.63) is 58.5 Å². The Bertz CT molecular complexity index is 1010. The quantitative estimate of drug-likeness (QED) is 0.482. The second kappa shape index (κ2) is 7.64. The predicted octanol–water partition coefficient (Wildman–Crippen LogP) is 3.37. The van der Waals surface area contributed by atoms with E-state index in [1.54, 1.807) is 34.7 Å². The molecule has 146 valence electrons. The summed E-state index contributed by atoms with van der Waals surface area (Å²) in [6, 6.07) is 3.65. The second-order valence-electron chi connectivity index (χ2n) is 7.39. The molecule has 2 aromatic rings. The molecule has 0 saturated carbocycles. The van der Waals surface area contributed by atoms with Gasteiger partial charge in [-0.2, -0.15) is 0 Å². The fraction of sp³-hybridized carbons (Fsp3) is 0.300. The van der Waals surface area contributed by atoms with Gasteiger partial charge in [-0.15, -0.1) is 0 Å². The van der Waals surface area contributed by atoms with Crippen LogP contribution in [0.2, 0.25) is 0 Å². The molecule has 0 saturated heterocycles. The van der Waals surface area contributed by atoms with Gasteiger partial charge in [0, 0.05) is 24.5 Å². The van der Waals surface area contributed by atoms with Gasteiger partial charge in [0.25, 0.3) is 17.6 Å². The first-order valence-electron chi connectivity index (χ1n) is 8.45. The van der Waals surface area contributed by atoms with Crippen LogP contribution in [0.15, 0.2) is 24.4 Å². The van der Waals surface area contributed by atoms with Crippen LogP contribution in [0.1, 0.15) is 47.2 Å². The van der Waals surface area contributed by atoms with Gasteiger partial charge in [0.2, 0.25) is 5.69 Å². The van der Waals surface area contributed by atoms with E-state index in [1.807, 2.05) is 0 Å². The molecular formula is C20H21FN4O3. The van der Waals surface area contributed by atoms with Crippen molar-refractivity contribution >= 4 is 29.0 Å². The number of aromatic nitrogens is 1. The van der Waals surface area contributed by atoms with Crippen molar-refractivity contribution in [3.63, 3.8) is 0 Å². The number of nitrogens with one attached hydrogen (secondary N) is 2. The highest BCUT2D eigenvalue weighted by Crippen LogP contribution is 2.24. The van der Waals surface area contributed by atoms with Crippen LogP contribution < -0.4 is 10.6 Å². The number of amides is 2. The Hall–Kier alpha value is -3.47. The highest BCUT2D eigenvalue weighted by molar-refractivity contribution is 6.43. The average Bonchev–Trinajstić information content (AvgIpc) is 2.89. The van der Waals surface area contributed by atoms with Gasteiger partial charge >= 0.3 is 0 Å². The molecule has 0 aliphatic heterocycles. The van der Waals surface area contributed by atoms with Gasteiger partial charge in [-0.3, -0.25) is 14.4 Å². The molecule has 0 aliphatic carbocycles. The van der Waals surface area contributed by atoms with Gasteiger partial charge in [-0.1, -0.05) is 0 Å². The first-order chi connectivity index (χ1) is 12.9. The van der Waals surface area contributed by atoms with Crippen LogP contribution in [0.3, 0.4) is 0 Å². The largest absolute Gasteiger partial charge is 0.347 e. The lowest BCUT2D eigenvalue weighted by Crippen LogP contribution is -2.44. The number of ketones is 1. The molecular weight excluding hydrogens is 363 g/mol. The third kappa shape index (κ3) is 4.43. The molecule has 0 spiro atoms. The van der Waals surface area contributed by atoms with Crippen LogP contribution in [0, 0.1) is 19.3 Å². The fourth-order valence-corrected chi connectivity index (χ4v) is 2.69. The Balaban J connectivity index is 2.30. The topological polar surface area (TPSA) is 84.6 Å². The third-order valence-electron chi connectivity index (χ3n) is 3.91. The van der Waals surface area contributed by atoms with E-state index >= 15 is 0 Å². The van der Waals surface area contributed by atoms with Gasteiger partial charge in [-0.25, -0.2) is 9.24 Å². The van der Waals surface area contributed by atoms with Crippen molar-refractivity contribution in [2.45, 2.75) is 33.2 Å². The van der Waals surface area contributed by atoms with Crippen LogP contribution >= 0.6 is 0 Å². The zero-order valence-corrected chi connectivity index (χ0v) is 16.3. The number of hydrogen-bond acceptors (Lipinski definition) is 3. The number of aryl methyl sites for hydroxylation is 1. The lowest BCUT2D eigenvalue weighted by atomic mass is 10.1. The SMILES string of the molecule is [C-]#[N+]c1cc(NC(=O)c2cn(C)c(C(=O)C(=O)NC(C)(C)C)c2C)ccc1F. The van der Waals surface area contributed by atoms with E-state index in [9.17, 15) is 18.8 Å². The first kappa shape index (κ1) is 20.8. The van der Waals surface area contributed by atoms with Crippen LogP contribution in [0.5, 0.6) is 0 Å². The maximum absolute atomic E-state index is 13.4. The van der Waals surface area contributed by atoms with E-state index in [1.165, 1.54) is 22.9 Å². The highest BCUT2D eigenvalue weighted by Gasteiger charge is 2.28. The smallest absolute Gasteiger partial charge is 0.294 e. The summed E-state index contributed by atoms with van der Waals surface area (Å²) >= 11 is 0. The lowest BCUT2D eigenvalue weighted by molar-refractivity contribution is -0.118. The minimum atomic E-state index is -0.760. The molecule has 1 aromatic carbocycles. The van der Waals surface area contributed by atoms with Crippen molar-refractivity contribution < 1.29 is 18.8 Å². The van der Waals surface area contributed by atoms with Gasteiger partial charge in [0.15, 0.2) is 0 Å². The van der Waals surface area contributed by atoms with E-state index in [2.05, 4.69) is 15.5 Å². The van der Waals surface area contributed by atoms with Crippen molar-refractivity contribution in [1.29, 1.82) is 0 Å². The van der Waals surface area contributed by atoms with E-state index in [0.29, 0.717) is 5.56 Å². The Morgan fingerprint density at radius 2 is 1.86 bits per heavy atom. The zero-order chi connectivity index (χ0) is 21.2. The summed E-state index contributed by atoms with van der Waals surface area (Å²) in [5, 5.41) is 5.18. The standard InChI is InChI=1S/C20H21FN4O3/c1-11-13(18(27)23-12-7-8-14(21)15(9-12)22-5)10-25(6)16(11)17(26)19(28)24-20(2,3)4/h7-10H,1-4,6H3,(H,23,27)(H,24,28). The van der Waals surface area contributed by atoms with Crippen molar-refractivity contribution in [2.75, 3.05) is 5.32 Å². The summed E-state index contributed by atoms with van der Waals surface area (Å²) in [7, 11) is 1.57. The lowest BCUT2D eigenvalue weighted by Gasteiger charge is -2.20. The summed E-state index contributed by atoms with van der Waals surface area (Å²) in [6.45, 7) is 13.8. The number of anilines is 1. The normalized spacial score (nSPS) is 10.9. The number of hydrogen-bond donors (Lipinski definition) is 2. The zero-order valence-electron chi connectivity index (χ0n) is 16.3. The second-order valence-corrected chi connectivity index (χ2v) is 7.39. The average molecular weight is 384 g/mol. The molecule has 1 heterocycles. The van der Waals surface area contributed by atoms with Gasteiger partial charge in [-0.05, 0) is 51.5 Å². The minimum Gasteiger partial charge on any atom is -0.347 e. The van der Waals surface area contributed by atoms with Crippen LogP contribution in [0.4, 0.5) is 15.8 Å². The number of carbonyl (C=O) groups excluding carboxylic acids is 3. The number of halogens is 1. The summed E-state index contributed by atoms with van der Waals surface area (Å²) in [5.74, 6) is -2.72. The molecule has 0 aliphatic rings. The van der Waals surface area contributed by atoms with Crippen molar-refractivity contribution in [3.8, 4) is 0 Å². The molecule has 0 fully saturated rings. The summed E-state index contributed by atoms with van der Waals surface area (Å²) in [5.41, 5.74) is 0.115. The predicted molar refractivity (Wildman–Crippen MR) is 103 cm³/mol. The van der Waals surface area contributed by atoms with Crippen LogP contribution in [0.25, 0.3) is 4.85 Å². The van der Waals surface area contributed by atoms with Crippen molar-refractivity contribution in [2.24, 2.45) is 7.05 Å². The molecule has 8 heteroatoms. The number of Topliss-reactive ketones (excluding diaryl/α,β-unsaturated/α-hetero) is 1. The summed E-state index contributed by atoms with van der Waals surface area (Å²) < 4.78 is 14.8. The van der Waals surface area contributed by atoms with E-state index in [4.69, 9.17) is 6.57 Å². The molecule has 0 bridgehead atoms. The van der Waals surface area contributed by atoms with Crippen LogP contribution in [-0.4, -0.2) is 27.7 Å². The first-order valence-corrected chi connectivity index (χ1v) is 8.45. The molecule has 2 N–H and O–H groups in total. The summed E-state index contributed by atoms with van der Waals surface area (Å²) in [6.07, 6.45) is 1.45. The Morgan fingerprint density at radius 3 is 2.43 bits per heavy atom. The molecule has 0 atom stereocenters. The van der Waals surface area contributed by atoms with Gasteiger partial charge in [0.05, 0.1) is 17.8 Å². The number of nitrogens with zero attached hydrogens (tertiary/aromatic N) is 2. The molecule has 2 amide bonds. The van der Waals surface area contributed by atoms with Crippen molar-refractivity contribution in [1.82, 2.24) is 9.88 Å². The minimum absolute atomic E-state index is 0.104. The van der Waals surface area contributed by atoms with Gasteiger partial charge in [0.1, 0.15) is 5.82 Å².